The Labute approximate surface area is 203 Å². The van der Waals surface area contributed by atoms with Crippen LogP contribution in [0.4, 0.5) is 13.2 Å². The first-order chi connectivity index (χ1) is 15.0. The third-order valence-corrected chi connectivity index (χ3v) is 5.85. The van der Waals surface area contributed by atoms with Crippen molar-refractivity contribution in [2.75, 3.05) is 19.6 Å². The number of hydrogen-bond acceptors (Lipinski definition) is 3. The number of benzene rings is 1. The summed E-state index contributed by atoms with van der Waals surface area (Å²) in [4.78, 5) is 7.14. The van der Waals surface area contributed by atoms with Gasteiger partial charge in [-0.05, 0) is 55.5 Å². The van der Waals surface area contributed by atoms with Crippen LogP contribution in [0.1, 0.15) is 42.6 Å². The summed E-state index contributed by atoms with van der Waals surface area (Å²) in [6.45, 7) is 2.97. The monoisotopic (exact) mass is 562 g/mol. The van der Waals surface area contributed by atoms with Gasteiger partial charge in [0.25, 0.3) is 0 Å². The van der Waals surface area contributed by atoms with E-state index in [2.05, 4.69) is 20.5 Å². The van der Waals surface area contributed by atoms with E-state index in [1.165, 1.54) is 18.9 Å². The molecule has 0 unspecified atom stereocenters. The van der Waals surface area contributed by atoms with Gasteiger partial charge in [0, 0.05) is 38.1 Å². The summed E-state index contributed by atoms with van der Waals surface area (Å²) in [5.74, 6) is 1.51. The maximum absolute atomic E-state index is 13.0. The molecule has 1 aromatic heterocycles. The largest absolute Gasteiger partial charge is 0.469 e. The van der Waals surface area contributed by atoms with E-state index in [9.17, 15) is 13.2 Å². The molecule has 1 saturated carbocycles. The lowest BCUT2D eigenvalue weighted by molar-refractivity contribution is -0.137. The van der Waals surface area contributed by atoms with Crippen molar-refractivity contribution in [1.82, 2.24) is 15.5 Å². The minimum atomic E-state index is -4.35. The van der Waals surface area contributed by atoms with E-state index in [0.717, 1.165) is 49.9 Å². The fourth-order valence-corrected chi connectivity index (χ4v) is 3.97. The van der Waals surface area contributed by atoms with Gasteiger partial charge in [0.15, 0.2) is 5.96 Å². The van der Waals surface area contributed by atoms with E-state index >= 15 is 0 Å². The normalized spacial score (nSPS) is 18.3. The number of hydrogen-bond donors (Lipinski definition) is 2. The molecule has 0 atom stereocenters. The van der Waals surface area contributed by atoms with Crippen LogP contribution in [0.3, 0.4) is 0 Å². The zero-order valence-electron chi connectivity index (χ0n) is 17.9. The smallest absolute Gasteiger partial charge is 0.416 e. The van der Waals surface area contributed by atoms with Crippen LogP contribution in [0.2, 0.25) is 0 Å². The van der Waals surface area contributed by atoms with Gasteiger partial charge in [-0.15, -0.1) is 24.0 Å². The molecule has 9 heteroatoms. The first-order valence-corrected chi connectivity index (χ1v) is 10.9. The second-order valence-electron chi connectivity index (χ2n) is 8.30. The molecule has 0 amide bonds. The van der Waals surface area contributed by atoms with Gasteiger partial charge in [-0.3, -0.25) is 0 Å². The fraction of sp³-hybridized carbons (Fsp3) is 0.522. The van der Waals surface area contributed by atoms with Crippen molar-refractivity contribution in [3.8, 4) is 0 Å². The van der Waals surface area contributed by atoms with Crippen molar-refractivity contribution in [2.45, 2.75) is 56.9 Å². The van der Waals surface area contributed by atoms with Gasteiger partial charge in [0.05, 0.1) is 18.4 Å². The van der Waals surface area contributed by atoms with Crippen LogP contribution in [0.5, 0.6) is 0 Å². The summed E-state index contributed by atoms with van der Waals surface area (Å²) in [5, 5.41) is 6.80. The SMILES string of the molecule is FC(F)(F)c1cccc(CN=C(NCCc2ccco2)NC2CCN(C3CC3)CC2)c1.I. The molecule has 4 rings (SSSR count). The van der Waals surface area contributed by atoms with Crippen LogP contribution < -0.4 is 10.6 Å². The molecule has 176 valence electrons. The molecular formula is C23H30F3IN4O. The van der Waals surface area contributed by atoms with E-state index < -0.39 is 11.7 Å². The topological polar surface area (TPSA) is 52.8 Å². The highest BCUT2D eigenvalue weighted by Crippen LogP contribution is 2.30. The summed E-state index contributed by atoms with van der Waals surface area (Å²) in [5.41, 5.74) is -0.113. The van der Waals surface area contributed by atoms with Crippen molar-refractivity contribution in [2.24, 2.45) is 4.99 Å². The predicted octanol–water partition coefficient (Wildman–Crippen LogP) is 4.82. The van der Waals surface area contributed by atoms with Crippen LogP contribution in [0.25, 0.3) is 0 Å². The lowest BCUT2D eigenvalue weighted by atomic mass is 10.1. The Bertz CT molecular complexity index is 860. The Kier molecular flexibility index (Phi) is 8.87. The second-order valence-corrected chi connectivity index (χ2v) is 8.30. The van der Waals surface area contributed by atoms with Crippen LogP contribution >= 0.6 is 24.0 Å². The Morgan fingerprint density at radius 1 is 1.09 bits per heavy atom. The van der Waals surface area contributed by atoms with E-state index in [0.29, 0.717) is 30.5 Å². The molecule has 2 heterocycles. The lowest BCUT2D eigenvalue weighted by Gasteiger charge is -2.33. The first kappa shape index (κ1) is 24.9. The minimum absolute atomic E-state index is 0. The highest BCUT2D eigenvalue weighted by Gasteiger charge is 2.32. The average molecular weight is 562 g/mol. The van der Waals surface area contributed by atoms with Crippen LogP contribution in [0.15, 0.2) is 52.1 Å². The van der Waals surface area contributed by atoms with Gasteiger partial charge in [-0.2, -0.15) is 13.2 Å². The Morgan fingerprint density at radius 3 is 2.53 bits per heavy atom. The van der Waals surface area contributed by atoms with Gasteiger partial charge in [0.1, 0.15) is 5.76 Å². The quantitative estimate of drug-likeness (QED) is 0.289. The van der Waals surface area contributed by atoms with E-state index in [4.69, 9.17) is 4.42 Å². The molecule has 0 spiro atoms. The third-order valence-electron chi connectivity index (χ3n) is 5.85. The summed E-state index contributed by atoms with van der Waals surface area (Å²) < 4.78 is 44.4. The van der Waals surface area contributed by atoms with Crippen molar-refractivity contribution in [3.05, 3.63) is 59.5 Å². The minimum Gasteiger partial charge on any atom is -0.469 e. The number of likely N-dealkylation sites (tertiary alicyclic amines) is 1. The first-order valence-electron chi connectivity index (χ1n) is 10.9. The molecule has 32 heavy (non-hydrogen) atoms. The number of nitrogens with zero attached hydrogens (tertiary/aromatic N) is 2. The van der Waals surface area contributed by atoms with Gasteiger partial charge in [-0.25, -0.2) is 4.99 Å². The number of rotatable bonds is 7. The van der Waals surface area contributed by atoms with Crippen LogP contribution in [-0.4, -0.2) is 42.6 Å². The number of aliphatic imine (C=N–C) groups is 1. The van der Waals surface area contributed by atoms with Crippen molar-refractivity contribution in [1.29, 1.82) is 0 Å². The molecule has 2 N–H and O–H groups in total. The maximum Gasteiger partial charge on any atom is 0.416 e. The van der Waals surface area contributed by atoms with Crippen molar-refractivity contribution in [3.63, 3.8) is 0 Å². The number of halogens is 4. The number of nitrogens with one attached hydrogen (secondary N) is 2. The van der Waals surface area contributed by atoms with Gasteiger partial charge in [0.2, 0.25) is 0 Å². The van der Waals surface area contributed by atoms with Gasteiger partial charge in [-0.1, -0.05) is 12.1 Å². The summed E-state index contributed by atoms with van der Waals surface area (Å²) in [7, 11) is 0. The fourth-order valence-electron chi connectivity index (χ4n) is 3.97. The highest BCUT2D eigenvalue weighted by atomic mass is 127. The number of guanidine groups is 1. The van der Waals surface area contributed by atoms with Gasteiger partial charge >= 0.3 is 6.18 Å². The molecule has 1 aliphatic carbocycles. The standard InChI is InChI=1S/C23H29F3N4O.HI/c24-23(25,26)18-4-1-3-17(15-18)16-28-22(27-11-8-21-5-2-14-31-21)29-19-9-12-30(13-10-19)20-6-7-20;/h1-5,14-15,19-20H,6-13,16H2,(H2,27,28,29);1H. The van der Waals surface area contributed by atoms with E-state index in [1.54, 1.807) is 12.3 Å². The molecule has 2 fully saturated rings. The Balaban J connectivity index is 0.00000289. The summed E-state index contributed by atoms with van der Waals surface area (Å²) in [6.07, 6.45) is 2.71. The third kappa shape index (κ3) is 7.40. The number of alkyl halides is 3. The van der Waals surface area contributed by atoms with E-state index in [-0.39, 0.29) is 30.5 Å². The second kappa shape index (κ2) is 11.4. The van der Waals surface area contributed by atoms with Crippen LogP contribution in [0, 0.1) is 0 Å². The van der Waals surface area contributed by atoms with Gasteiger partial charge < -0.3 is 20.0 Å². The Morgan fingerprint density at radius 2 is 1.88 bits per heavy atom. The van der Waals surface area contributed by atoms with Crippen LogP contribution in [-0.2, 0) is 19.1 Å². The van der Waals surface area contributed by atoms with E-state index in [1.807, 2.05) is 12.1 Å². The molecule has 0 radical (unpaired) electrons. The molecule has 5 nitrogen and oxygen atoms in total. The molecule has 1 aliphatic heterocycles. The van der Waals surface area contributed by atoms with Crippen molar-refractivity contribution >= 4 is 29.9 Å². The molecule has 1 aromatic carbocycles. The predicted molar refractivity (Wildman–Crippen MR) is 129 cm³/mol. The molecule has 2 aliphatic rings. The molecule has 2 aromatic rings. The lowest BCUT2D eigenvalue weighted by Crippen LogP contribution is -2.49. The zero-order chi connectivity index (χ0) is 21.7. The zero-order valence-corrected chi connectivity index (χ0v) is 20.2. The number of furan rings is 1. The van der Waals surface area contributed by atoms with Crippen molar-refractivity contribution < 1.29 is 17.6 Å². The molecular weight excluding hydrogens is 532 g/mol. The molecule has 0 bridgehead atoms. The summed E-state index contributed by atoms with van der Waals surface area (Å²) in [6, 6.07) is 10.2. The summed E-state index contributed by atoms with van der Waals surface area (Å²) >= 11 is 0. The maximum atomic E-state index is 13.0. The Hall–Kier alpha value is -1.75. The number of piperidine rings is 1. The average Bonchev–Trinajstić information content (AvgIpc) is 3.48. The highest BCUT2D eigenvalue weighted by molar-refractivity contribution is 14.0. The molecule has 1 saturated heterocycles.